The van der Waals surface area contributed by atoms with Gasteiger partial charge in [-0.05, 0) is 48.4 Å². The summed E-state index contributed by atoms with van der Waals surface area (Å²) in [6.07, 6.45) is -1.99. The molecule has 0 amide bonds. The molecule has 30 heavy (non-hydrogen) atoms. The molecular formula is C22H24F3NO4. The number of rotatable bonds is 5. The number of alkyl halides is 3. The summed E-state index contributed by atoms with van der Waals surface area (Å²) < 4.78 is 58.0. The normalized spacial score (nSPS) is 19.6. The minimum Gasteiger partial charge on any atom is -0.457 e. The maximum absolute atomic E-state index is 12.2. The van der Waals surface area contributed by atoms with Gasteiger partial charge in [0.05, 0.1) is 13.2 Å². The van der Waals surface area contributed by atoms with Gasteiger partial charge in [-0.25, -0.2) is 0 Å². The fraction of sp³-hybridized carbons (Fsp3) is 0.455. The topological polar surface area (TPSA) is 40.2 Å². The standard InChI is InChI=1S/C22H24F3NO4/c23-22(24,25)30-20-8-6-19(7-9-20)29-18-4-2-17(3-5-18)16-26-12-10-21(11-13-26)27-14-1-15-28-21/h2-9H,1,10-16H2. The van der Waals surface area contributed by atoms with Crippen molar-refractivity contribution >= 4 is 0 Å². The van der Waals surface area contributed by atoms with Gasteiger partial charge in [0.15, 0.2) is 5.79 Å². The molecule has 2 aliphatic rings. The summed E-state index contributed by atoms with van der Waals surface area (Å²) in [4.78, 5) is 2.38. The van der Waals surface area contributed by atoms with Crippen molar-refractivity contribution in [2.45, 2.75) is 38.0 Å². The second kappa shape index (κ2) is 8.83. The van der Waals surface area contributed by atoms with Crippen molar-refractivity contribution < 1.29 is 32.1 Å². The van der Waals surface area contributed by atoms with Gasteiger partial charge in [0.1, 0.15) is 17.2 Å². The van der Waals surface area contributed by atoms with E-state index in [0.717, 1.165) is 57.7 Å². The molecule has 0 bridgehead atoms. The molecule has 2 heterocycles. The fourth-order valence-electron chi connectivity index (χ4n) is 3.72. The second-order valence-electron chi connectivity index (χ2n) is 7.50. The first-order chi connectivity index (χ1) is 14.4. The molecule has 0 radical (unpaired) electrons. The lowest BCUT2D eigenvalue weighted by Gasteiger charge is -2.43. The van der Waals surface area contributed by atoms with E-state index in [4.69, 9.17) is 14.2 Å². The van der Waals surface area contributed by atoms with Crippen molar-refractivity contribution in [3.8, 4) is 17.2 Å². The van der Waals surface area contributed by atoms with Crippen LogP contribution < -0.4 is 9.47 Å². The van der Waals surface area contributed by atoms with Gasteiger partial charge >= 0.3 is 6.36 Å². The molecule has 8 heteroatoms. The van der Waals surface area contributed by atoms with Gasteiger partial charge in [-0.3, -0.25) is 4.90 Å². The highest BCUT2D eigenvalue weighted by atomic mass is 19.4. The molecule has 0 aliphatic carbocycles. The van der Waals surface area contributed by atoms with E-state index in [0.29, 0.717) is 11.5 Å². The molecule has 4 rings (SSSR count). The van der Waals surface area contributed by atoms with E-state index >= 15 is 0 Å². The third-order valence-electron chi connectivity index (χ3n) is 5.26. The largest absolute Gasteiger partial charge is 0.573 e. The predicted molar refractivity (Wildman–Crippen MR) is 103 cm³/mol. The number of piperidine rings is 1. The van der Waals surface area contributed by atoms with Gasteiger partial charge in [-0.1, -0.05) is 12.1 Å². The maximum Gasteiger partial charge on any atom is 0.573 e. The molecule has 2 aromatic rings. The second-order valence-corrected chi connectivity index (χ2v) is 7.50. The van der Waals surface area contributed by atoms with Gasteiger partial charge in [0, 0.05) is 32.5 Å². The van der Waals surface area contributed by atoms with Crippen LogP contribution in [0.3, 0.4) is 0 Å². The Morgan fingerprint density at radius 1 is 0.833 bits per heavy atom. The monoisotopic (exact) mass is 423 g/mol. The van der Waals surface area contributed by atoms with E-state index < -0.39 is 6.36 Å². The zero-order valence-electron chi connectivity index (χ0n) is 16.5. The molecule has 0 unspecified atom stereocenters. The smallest absolute Gasteiger partial charge is 0.457 e. The van der Waals surface area contributed by atoms with Crippen LogP contribution in [0.25, 0.3) is 0 Å². The minimum absolute atomic E-state index is 0.280. The van der Waals surface area contributed by atoms with Crippen LogP contribution in [0, 0.1) is 0 Å². The third-order valence-corrected chi connectivity index (χ3v) is 5.26. The van der Waals surface area contributed by atoms with Gasteiger partial charge in [-0.2, -0.15) is 0 Å². The summed E-state index contributed by atoms with van der Waals surface area (Å²) in [6, 6.07) is 13.0. The van der Waals surface area contributed by atoms with Crippen LogP contribution in [-0.2, 0) is 16.0 Å². The number of hydrogen-bond donors (Lipinski definition) is 0. The summed E-state index contributed by atoms with van der Waals surface area (Å²) in [7, 11) is 0. The summed E-state index contributed by atoms with van der Waals surface area (Å²) >= 11 is 0. The summed E-state index contributed by atoms with van der Waals surface area (Å²) in [5, 5.41) is 0. The molecule has 0 saturated carbocycles. The highest BCUT2D eigenvalue weighted by Crippen LogP contribution is 2.32. The first kappa shape index (κ1) is 21.0. The Morgan fingerprint density at radius 2 is 1.37 bits per heavy atom. The van der Waals surface area contributed by atoms with Crippen LogP contribution in [-0.4, -0.2) is 43.4 Å². The number of hydrogen-bond acceptors (Lipinski definition) is 5. The van der Waals surface area contributed by atoms with Crippen LogP contribution in [0.2, 0.25) is 0 Å². The molecule has 2 aliphatic heterocycles. The molecule has 0 aromatic heterocycles. The van der Waals surface area contributed by atoms with Gasteiger partial charge in [0.2, 0.25) is 0 Å². The summed E-state index contributed by atoms with van der Waals surface area (Å²) in [6.45, 7) is 4.23. The van der Waals surface area contributed by atoms with Crippen molar-refractivity contribution in [2.24, 2.45) is 0 Å². The number of halogens is 3. The van der Waals surface area contributed by atoms with E-state index in [2.05, 4.69) is 9.64 Å². The molecular weight excluding hydrogens is 399 g/mol. The highest BCUT2D eigenvalue weighted by Gasteiger charge is 2.38. The summed E-state index contributed by atoms with van der Waals surface area (Å²) in [5.74, 6) is 0.390. The van der Waals surface area contributed by atoms with E-state index in [9.17, 15) is 13.2 Å². The van der Waals surface area contributed by atoms with E-state index in [1.54, 1.807) is 0 Å². The van der Waals surface area contributed by atoms with Crippen LogP contribution in [0.15, 0.2) is 48.5 Å². The molecule has 0 N–H and O–H groups in total. The Kier molecular flexibility index (Phi) is 6.17. The Bertz CT molecular complexity index is 808. The quantitative estimate of drug-likeness (QED) is 0.669. The Balaban J connectivity index is 1.27. The lowest BCUT2D eigenvalue weighted by molar-refractivity contribution is -0.284. The molecule has 162 valence electrons. The Labute approximate surface area is 173 Å². The average Bonchev–Trinajstić information content (AvgIpc) is 2.72. The summed E-state index contributed by atoms with van der Waals surface area (Å²) in [5.41, 5.74) is 1.16. The average molecular weight is 423 g/mol. The van der Waals surface area contributed by atoms with Crippen LogP contribution in [0.5, 0.6) is 17.2 Å². The zero-order valence-corrected chi connectivity index (χ0v) is 16.5. The van der Waals surface area contributed by atoms with Crippen molar-refractivity contribution in [3.63, 3.8) is 0 Å². The van der Waals surface area contributed by atoms with Crippen molar-refractivity contribution in [3.05, 3.63) is 54.1 Å². The van der Waals surface area contributed by atoms with E-state index in [-0.39, 0.29) is 11.5 Å². The van der Waals surface area contributed by atoms with Crippen LogP contribution in [0.4, 0.5) is 13.2 Å². The molecule has 2 aromatic carbocycles. The number of ether oxygens (including phenoxy) is 4. The van der Waals surface area contributed by atoms with Gasteiger partial charge in [-0.15, -0.1) is 13.2 Å². The highest BCUT2D eigenvalue weighted by molar-refractivity contribution is 5.36. The molecule has 2 saturated heterocycles. The van der Waals surface area contributed by atoms with Gasteiger partial charge in [0.25, 0.3) is 0 Å². The maximum atomic E-state index is 12.2. The Hall–Kier alpha value is -2.29. The van der Waals surface area contributed by atoms with Crippen molar-refractivity contribution in [1.29, 1.82) is 0 Å². The van der Waals surface area contributed by atoms with Crippen LogP contribution >= 0.6 is 0 Å². The van der Waals surface area contributed by atoms with E-state index in [1.165, 1.54) is 24.3 Å². The molecule has 1 spiro atoms. The van der Waals surface area contributed by atoms with Crippen molar-refractivity contribution in [1.82, 2.24) is 4.90 Å². The molecule has 0 atom stereocenters. The molecule has 5 nitrogen and oxygen atoms in total. The van der Waals surface area contributed by atoms with Gasteiger partial charge < -0.3 is 18.9 Å². The number of nitrogens with zero attached hydrogens (tertiary/aromatic N) is 1. The number of likely N-dealkylation sites (tertiary alicyclic amines) is 1. The lowest BCUT2D eigenvalue weighted by atomic mass is 10.0. The zero-order chi connectivity index (χ0) is 21.0. The Morgan fingerprint density at radius 3 is 1.93 bits per heavy atom. The van der Waals surface area contributed by atoms with Crippen molar-refractivity contribution in [2.75, 3.05) is 26.3 Å². The fourth-order valence-corrected chi connectivity index (χ4v) is 3.72. The first-order valence-electron chi connectivity index (χ1n) is 10.0. The number of benzene rings is 2. The minimum atomic E-state index is -4.70. The molecule has 2 fully saturated rings. The van der Waals surface area contributed by atoms with E-state index in [1.807, 2.05) is 24.3 Å². The third kappa shape index (κ3) is 5.65. The lowest BCUT2D eigenvalue weighted by Crippen LogP contribution is -2.49. The van der Waals surface area contributed by atoms with Crippen LogP contribution in [0.1, 0.15) is 24.8 Å². The SMILES string of the molecule is FC(F)(F)Oc1ccc(Oc2ccc(CN3CCC4(CC3)OCCCO4)cc2)cc1. The first-order valence-corrected chi connectivity index (χ1v) is 10.0. The predicted octanol–water partition coefficient (Wildman–Crippen LogP) is 5.11.